The normalized spacial score (nSPS) is 33.1. The zero-order valence-electron chi connectivity index (χ0n) is 19.7. The highest BCUT2D eigenvalue weighted by Gasteiger charge is 2.60. The number of halogens is 3. The van der Waals surface area contributed by atoms with Gasteiger partial charge in [-0.15, -0.1) is 13.2 Å². The highest BCUT2D eigenvalue weighted by atomic mass is 19.4. The first-order valence-corrected chi connectivity index (χ1v) is 12.2. The molecule has 0 aromatic carbocycles. The maximum absolute atomic E-state index is 12.8. The zero-order valence-corrected chi connectivity index (χ0v) is 19.7. The van der Waals surface area contributed by atoms with Gasteiger partial charge in [-0.05, 0) is 64.1 Å². The van der Waals surface area contributed by atoms with E-state index >= 15 is 0 Å². The van der Waals surface area contributed by atoms with Gasteiger partial charge in [0, 0.05) is 60.6 Å². The summed E-state index contributed by atoms with van der Waals surface area (Å²) in [6.45, 7) is 6.56. The van der Waals surface area contributed by atoms with Crippen LogP contribution in [0, 0.1) is 11.8 Å². The Morgan fingerprint density at radius 2 is 1.79 bits per heavy atom. The second-order valence-corrected chi connectivity index (χ2v) is 10.8. The molecule has 4 aliphatic rings. The smallest absolute Gasteiger partial charge is 0.402 e. The van der Waals surface area contributed by atoms with Gasteiger partial charge in [-0.2, -0.15) is 5.10 Å². The minimum absolute atomic E-state index is 0.151. The minimum Gasteiger partial charge on any atom is -0.402 e. The Hall–Kier alpha value is -2.33. The van der Waals surface area contributed by atoms with Gasteiger partial charge < -0.3 is 15.4 Å². The van der Waals surface area contributed by atoms with E-state index < -0.39 is 12.1 Å². The van der Waals surface area contributed by atoms with Gasteiger partial charge in [0.2, 0.25) is 0 Å². The molecule has 4 heterocycles. The number of hydrogen-bond donors (Lipinski definition) is 1. The fourth-order valence-electron chi connectivity index (χ4n) is 6.88. The maximum Gasteiger partial charge on any atom is 0.573 e. The molecule has 2 bridgehead atoms. The van der Waals surface area contributed by atoms with E-state index in [4.69, 9.17) is 10.8 Å². The number of likely N-dealkylation sites (N-methyl/N-ethyl adjacent to an activating group) is 1. The molecular formula is C24H31F3N6O. The highest BCUT2D eigenvalue weighted by Crippen LogP contribution is 2.64. The summed E-state index contributed by atoms with van der Waals surface area (Å²) in [6.07, 6.45) is 0.397. The quantitative estimate of drug-likeness (QED) is 0.706. The molecule has 2 saturated heterocycles. The van der Waals surface area contributed by atoms with Gasteiger partial charge in [-0.25, -0.2) is 4.98 Å². The van der Waals surface area contributed by atoms with Crippen LogP contribution in [0.4, 0.5) is 19.0 Å². The molecule has 7 nitrogen and oxygen atoms in total. The number of nitrogens with zero attached hydrogens (tertiary/aromatic N) is 5. The molecule has 2 aromatic rings. The summed E-state index contributed by atoms with van der Waals surface area (Å²) in [6, 6.07) is 5.58. The van der Waals surface area contributed by atoms with Gasteiger partial charge in [0.1, 0.15) is 0 Å². The predicted molar refractivity (Wildman–Crippen MR) is 121 cm³/mol. The van der Waals surface area contributed by atoms with Crippen molar-refractivity contribution in [1.82, 2.24) is 24.6 Å². The van der Waals surface area contributed by atoms with Gasteiger partial charge in [0.05, 0.1) is 5.69 Å². The van der Waals surface area contributed by atoms with Crippen molar-refractivity contribution in [2.75, 3.05) is 25.9 Å². The first kappa shape index (κ1) is 22.2. The van der Waals surface area contributed by atoms with Gasteiger partial charge in [0.15, 0.2) is 11.6 Å². The average molecular weight is 477 g/mol. The highest BCUT2D eigenvalue weighted by molar-refractivity contribution is 5.64. The molecule has 2 aromatic heterocycles. The third-order valence-electron chi connectivity index (χ3n) is 8.44. The summed E-state index contributed by atoms with van der Waals surface area (Å²) in [5.74, 6) is 1.00. The lowest BCUT2D eigenvalue weighted by atomic mass is 10.0. The van der Waals surface area contributed by atoms with Gasteiger partial charge in [-0.3, -0.25) is 9.58 Å². The van der Waals surface area contributed by atoms with Crippen molar-refractivity contribution in [3.8, 4) is 17.0 Å². The average Bonchev–Trinajstić information content (AvgIpc) is 3.28. The monoisotopic (exact) mass is 476 g/mol. The summed E-state index contributed by atoms with van der Waals surface area (Å²) in [5.41, 5.74) is 7.85. The molecule has 2 N–H and O–H groups in total. The van der Waals surface area contributed by atoms with Crippen LogP contribution < -0.4 is 10.5 Å². The van der Waals surface area contributed by atoms with E-state index in [1.165, 1.54) is 50.3 Å². The van der Waals surface area contributed by atoms with Crippen LogP contribution in [0.15, 0.2) is 18.3 Å². The number of ether oxygens (including phenoxy) is 1. The van der Waals surface area contributed by atoms with Crippen LogP contribution in [0.2, 0.25) is 0 Å². The van der Waals surface area contributed by atoms with E-state index in [9.17, 15) is 13.2 Å². The number of nitrogens with two attached hydrogens (primary N) is 1. The van der Waals surface area contributed by atoms with Crippen LogP contribution >= 0.6 is 0 Å². The fraction of sp³-hybridized carbons (Fsp3) is 0.667. The van der Waals surface area contributed by atoms with Crippen molar-refractivity contribution in [1.29, 1.82) is 0 Å². The van der Waals surface area contributed by atoms with Gasteiger partial charge in [-0.1, -0.05) is 0 Å². The third kappa shape index (κ3) is 3.66. The summed E-state index contributed by atoms with van der Waals surface area (Å²) < 4.78 is 44.4. The molecule has 0 spiro atoms. The van der Waals surface area contributed by atoms with Crippen molar-refractivity contribution < 1.29 is 17.9 Å². The third-order valence-corrected chi connectivity index (χ3v) is 8.44. The number of hydrogen-bond acceptors (Lipinski definition) is 6. The maximum atomic E-state index is 12.8. The molecular weight excluding hydrogens is 445 g/mol. The Morgan fingerprint density at radius 3 is 2.38 bits per heavy atom. The number of piperazine rings is 1. The predicted octanol–water partition coefficient (Wildman–Crippen LogP) is 3.89. The van der Waals surface area contributed by atoms with Crippen molar-refractivity contribution in [2.45, 2.75) is 69.6 Å². The number of nitrogen functional groups attached to an aromatic ring is 1. The Morgan fingerprint density at radius 1 is 1.06 bits per heavy atom. The van der Waals surface area contributed by atoms with E-state index in [-0.39, 0.29) is 11.9 Å². The molecule has 2 saturated carbocycles. The lowest BCUT2D eigenvalue weighted by Gasteiger charge is -2.37. The summed E-state index contributed by atoms with van der Waals surface area (Å²) >= 11 is 0. The second-order valence-electron chi connectivity index (χ2n) is 10.8. The molecule has 0 radical (unpaired) electrons. The molecule has 2 aliphatic carbocycles. The molecule has 184 valence electrons. The fourth-order valence-corrected chi connectivity index (χ4v) is 6.88. The molecule has 34 heavy (non-hydrogen) atoms. The van der Waals surface area contributed by atoms with Gasteiger partial charge in [0.25, 0.3) is 0 Å². The molecule has 10 heteroatoms. The van der Waals surface area contributed by atoms with Crippen molar-refractivity contribution in [3.63, 3.8) is 0 Å². The molecule has 4 fully saturated rings. The standard InChI is InChI=1S/C24H31F3N6O/c1-12(2)33-20(8-19(30-33)13-4-21(23(28)29-9-13)34-24(25,26)27)22-17-6-14(7-18(17)22)32-11-15-5-16(32)10-31(15)3/h4,8-9,12,14-18,22H,5-7,10-11H2,1-3H3,(H2,28,29)/t14?,15-,16-,17-,18+,22+/m0/s1. The Balaban J connectivity index is 1.21. The first-order valence-electron chi connectivity index (χ1n) is 12.2. The largest absolute Gasteiger partial charge is 0.573 e. The molecule has 6 atom stereocenters. The van der Waals surface area contributed by atoms with Crippen molar-refractivity contribution in [3.05, 3.63) is 24.0 Å². The minimum atomic E-state index is -4.83. The summed E-state index contributed by atoms with van der Waals surface area (Å²) in [4.78, 5) is 9.18. The Labute approximate surface area is 197 Å². The van der Waals surface area contributed by atoms with Crippen LogP contribution in [0.5, 0.6) is 5.75 Å². The van der Waals surface area contributed by atoms with Crippen LogP contribution in [0.25, 0.3) is 11.3 Å². The van der Waals surface area contributed by atoms with E-state index in [0.29, 0.717) is 35.1 Å². The zero-order chi connectivity index (χ0) is 23.9. The summed E-state index contributed by atoms with van der Waals surface area (Å²) in [7, 11) is 2.24. The number of rotatable bonds is 5. The van der Waals surface area contributed by atoms with Crippen LogP contribution in [-0.4, -0.2) is 69.2 Å². The number of aromatic nitrogens is 3. The van der Waals surface area contributed by atoms with E-state index in [1.54, 1.807) is 0 Å². The lowest BCUT2D eigenvalue weighted by molar-refractivity contribution is -0.274. The van der Waals surface area contributed by atoms with Crippen LogP contribution in [0.1, 0.15) is 50.8 Å². The summed E-state index contributed by atoms with van der Waals surface area (Å²) in [5, 5.41) is 4.75. The van der Waals surface area contributed by atoms with E-state index in [1.807, 2.05) is 10.7 Å². The number of fused-ring (bicyclic) bond motifs is 3. The first-order chi connectivity index (χ1) is 16.1. The van der Waals surface area contributed by atoms with Crippen molar-refractivity contribution >= 4 is 5.82 Å². The Bertz CT molecular complexity index is 1090. The second kappa shape index (κ2) is 7.58. The number of anilines is 1. The SMILES string of the molecule is CC(C)n1nc(-c2cnc(N)c(OC(F)(F)F)c2)cc1[C@H]1[C@@H]2CC(N3C[C@@H]4C[C@H]3CN4C)C[C@@H]21. The van der Waals surface area contributed by atoms with Gasteiger partial charge >= 0.3 is 6.36 Å². The molecule has 1 unspecified atom stereocenters. The van der Waals surface area contributed by atoms with E-state index in [0.717, 1.165) is 12.1 Å². The lowest BCUT2D eigenvalue weighted by Crippen LogP contribution is -2.48. The van der Waals surface area contributed by atoms with Crippen LogP contribution in [-0.2, 0) is 0 Å². The molecule has 0 amide bonds. The number of alkyl halides is 3. The molecule has 6 rings (SSSR count). The van der Waals surface area contributed by atoms with E-state index in [2.05, 4.69) is 40.4 Å². The Kier molecular flexibility index (Phi) is 4.94. The van der Waals surface area contributed by atoms with Crippen molar-refractivity contribution in [2.24, 2.45) is 11.8 Å². The topological polar surface area (TPSA) is 72.4 Å². The number of pyridine rings is 1. The van der Waals surface area contributed by atoms with Crippen LogP contribution in [0.3, 0.4) is 0 Å². The molecule has 2 aliphatic heterocycles. The number of likely N-dealkylation sites (tertiary alicyclic amines) is 2.